The van der Waals surface area contributed by atoms with Crippen LogP contribution in [0.5, 0.6) is 0 Å². The van der Waals surface area contributed by atoms with E-state index in [9.17, 15) is 9.59 Å². The number of carbonyl (C=O) groups excluding carboxylic acids is 2. The van der Waals surface area contributed by atoms with Crippen LogP contribution in [-0.4, -0.2) is 16.7 Å². The first-order chi connectivity index (χ1) is 11.0. The molecule has 1 aromatic carbocycles. The molecule has 3 nitrogen and oxygen atoms in total. The van der Waals surface area contributed by atoms with Crippen LogP contribution in [0.3, 0.4) is 0 Å². The van der Waals surface area contributed by atoms with Crippen molar-refractivity contribution in [2.45, 2.75) is 19.4 Å². The zero-order valence-corrected chi connectivity index (χ0v) is 13.8. The van der Waals surface area contributed by atoms with Crippen LogP contribution in [0.1, 0.15) is 18.4 Å². The predicted molar refractivity (Wildman–Crippen MR) is 86.8 cm³/mol. The van der Waals surface area contributed by atoms with Crippen molar-refractivity contribution in [1.29, 1.82) is 0 Å². The quantitative estimate of drug-likeness (QED) is 0.604. The molecule has 2 amide bonds. The van der Waals surface area contributed by atoms with Crippen LogP contribution in [-0.2, 0) is 16.1 Å². The monoisotopic (exact) mass is 347 g/mol. The van der Waals surface area contributed by atoms with Gasteiger partial charge in [0.2, 0.25) is 11.8 Å². The van der Waals surface area contributed by atoms with Crippen LogP contribution in [0.4, 0.5) is 0 Å². The summed E-state index contributed by atoms with van der Waals surface area (Å²) in [7, 11) is 0. The van der Waals surface area contributed by atoms with Gasteiger partial charge in [0.15, 0.2) is 0 Å². The summed E-state index contributed by atoms with van der Waals surface area (Å²) in [6.07, 6.45) is 6.68. The molecule has 1 aliphatic heterocycles. The summed E-state index contributed by atoms with van der Waals surface area (Å²) in [5.74, 6) is 0.194. The highest BCUT2D eigenvalue weighted by Gasteiger charge is 2.73. The smallest absolute Gasteiger partial charge is 0.234 e. The highest BCUT2D eigenvalue weighted by Crippen LogP contribution is 2.73. The number of nitrogens with zero attached hydrogens (tertiary/aromatic N) is 1. The van der Waals surface area contributed by atoms with Crippen molar-refractivity contribution in [3.63, 3.8) is 0 Å². The third kappa shape index (κ3) is 1.67. The van der Waals surface area contributed by atoms with Gasteiger partial charge < -0.3 is 0 Å². The minimum absolute atomic E-state index is 0.0193. The van der Waals surface area contributed by atoms with Gasteiger partial charge in [-0.2, -0.15) is 0 Å². The Hall–Kier alpha value is -1.32. The lowest BCUT2D eigenvalue weighted by molar-refractivity contribution is -0.141. The maximum absolute atomic E-state index is 12.9. The van der Waals surface area contributed by atoms with Crippen LogP contribution < -0.4 is 0 Å². The van der Waals surface area contributed by atoms with Gasteiger partial charge in [0.25, 0.3) is 0 Å². The van der Waals surface area contributed by atoms with Crippen molar-refractivity contribution in [2.24, 2.45) is 29.1 Å². The maximum atomic E-state index is 12.9. The number of hydrogen-bond acceptors (Lipinski definition) is 2. The summed E-state index contributed by atoms with van der Waals surface area (Å²) in [6, 6.07) is 5.17. The van der Waals surface area contributed by atoms with E-state index in [0.717, 1.165) is 18.4 Å². The highest BCUT2D eigenvalue weighted by molar-refractivity contribution is 6.35. The van der Waals surface area contributed by atoms with E-state index >= 15 is 0 Å². The molecule has 3 aliphatic carbocycles. The molecule has 23 heavy (non-hydrogen) atoms. The SMILES string of the molecule is O=C1C2C(C(=O)N1Cc1ccc(Cl)cc1Cl)C1C=CC2C12CC2. The molecule has 1 saturated heterocycles. The molecule has 4 unspecified atom stereocenters. The molecule has 1 aromatic rings. The van der Waals surface area contributed by atoms with E-state index in [1.165, 1.54) is 4.90 Å². The minimum atomic E-state index is -0.147. The third-order valence-electron chi connectivity index (χ3n) is 6.29. The normalized spacial score (nSPS) is 35.5. The van der Waals surface area contributed by atoms with Gasteiger partial charge in [-0.3, -0.25) is 14.5 Å². The molecule has 5 heteroatoms. The second-order valence-corrected chi connectivity index (χ2v) is 8.06. The fourth-order valence-corrected chi connectivity index (χ4v) is 5.58. The lowest BCUT2D eigenvalue weighted by atomic mass is 9.85. The minimum Gasteiger partial charge on any atom is -0.278 e. The van der Waals surface area contributed by atoms with E-state index in [0.29, 0.717) is 10.0 Å². The Morgan fingerprint density at radius 1 is 1.04 bits per heavy atom. The molecule has 1 spiro atoms. The average molecular weight is 348 g/mol. The molecule has 0 aromatic heterocycles. The second kappa shape index (κ2) is 4.40. The van der Waals surface area contributed by atoms with Crippen LogP contribution >= 0.6 is 23.2 Å². The number of benzene rings is 1. The first-order valence-electron chi connectivity index (χ1n) is 8.00. The van der Waals surface area contributed by atoms with Gasteiger partial charge in [-0.15, -0.1) is 0 Å². The number of amides is 2. The Kier molecular flexibility index (Phi) is 2.69. The predicted octanol–water partition coefficient (Wildman–Crippen LogP) is 3.69. The number of carbonyl (C=O) groups is 2. The summed E-state index contributed by atoms with van der Waals surface area (Å²) >= 11 is 12.1. The summed E-state index contributed by atoms with van der Waals surface area (Å²) < 4.78 is 0. The molecule has 5 rings (SSSR count). The van der Waals surface area contributed by atoms with Gasteiger partial charge in [0.1, 0.15) is 0 Å². The van der Waals surface area contributed by atoms with Crippen LogP contribution in [0, 0.1) is 29.1 Å². The highest BCUT2D eigenvalue weighted by atomic mass is 35.5. The van der Waals surface area contributed by atoms with Crippen LogP contribution in [0.15, 0.2) is 30.4 Å². The zero-order valence-electron chi connectivity index (χ0n) is 12.3. The Balaban J connectivity index is 1.46. The number of allylic oxidation sites excluding steroid dienone is 2. The van der Waals surface area contributed by atoms with Gasteiger partial charge in [-0.25, -0.2) is 0 Å². The van der Waals surface area contributed by atoms with E-state index in [2.05, 4.69) is 12.2 Å². The molecular weight excluding hydrogens is 333 g/mol. The van der Waals surface area contributed by atoms with Gasteiger partial charge >= 0.3 is 0 Å². The number of likely N-dealkylation sites (tertiary alicyclic amines) is 1. The first-order valence-corrected chi connectivity index (χ1v) is 8.76. The largest absolute Gasteiger partial charge is 0.278 e. The molecule has 2 saturated carbocycles. The molecule has 3 fully saturated rings. The fourth-order valence-electron chi connectivity index (χ4n) is 5.12. The summed E-state index contributed by atoms with van der Waals surface area (Å²) in [4.78, 5) is 27.2. The van der Waals surface area contributed by atoms with Crippen LogP contribution in [0.25, 0.3) is 0 Å². The molecule has 4 aliphatic rings. The van der Waals surface area contributed by atoms with E-state index in [1.54, 1.807) is 18.2 Å². The fraction of sp³-hybridized carbons (Fsp3) is 0.444. The molecule has 2 bridgehead atoms. The number of halogens is 2. The molecule has 118 valence electrons. The lowest BCUT2D eigenvalue weighted by Crippen LogP contribution is -2.34. The topological polar surface area (TPSA) is 37.4 Å². The lowest BCUT2D eigenvalue weighted by Gasteiger charge is -2.22. The Bertz CT molecular complexity index is 749. The van der Waals surface area contributed by atoms with Gasteiger partial charge in [-0.1, -0.05) is 41.4 Å². The van der Waals surface area contributed by atoms with E-state index in [4.69, 9.17) is 23.2 Å². The van der Waals surface area contributed by atoms with Gasteiger partial charge in [0.05, 0.1) is 18.4 Å². The van der Waals surface area contributed by atoms with E-state index in [-0.39, 0.29) is 47.4 Å². The van der Waals surface area contributed by atoms with Crippen molar-refractivity contribution in [2.75, 3.05) is 0 Å². The molecule has 1 heterocycles. The van der Waals surface area contributed by atoms with Crippen molar-refractivity contribution < 1.29 is 9.59 Å². The Morgan fingerprint density at radius 2 is 1.65 bits per heavy atom. The second-order valence-electron chi connectivity index (χ2n) is 7.22. The van der Waals surface area contributed by atoms with Crippen molar-refractivity contribution in [3.8, 4) is 0 Å². The van der Waals surface area contributed by atoms with Crippen molar-refractivity contribution >= 4 is 35.0 Å². The number of rotatable bonds is 2. The third-order valence-corrected chi connectivity index (χ3v) is 6.87. The maximum Gasteiger partial charge on any atom is 0.234 e. The Labute approximate surface area is 144 Å². The number of fused-ring (bicyclic) bond motifs is 3. The molecule has 0 radical (unpaired) electrons. The van der Waals surface area contributed by atoms with E-state index in [1.807, 2.05) is 0 Å². The standard InChI is InChI=1S/C18H15Cl2NO2/c19-10-2-1-9(13(20)7-10)8-21-16(22)14-11-3-4-12(15(14)17(21)23)18(11)5-6-18/h1-4,7,11-12,14-15H,5-6,8H2. The average Bonchev–Trinajstić information content (AvgIpc) is 3.12. The number of hydrogen-bond donors (Lipinski definition) is 0. The van der Waals surface area contributed by atoms with Gasteiger partial charge in [0, 0.05) is 10.0 Å². The van der Waals surface area contributed by atoms with Crippen LogP contribution in [0.2, 0.25) is 10.0 Å². The Morgan fingerprint density at radius 3 is 2.17 bits per heavy atom. The zero-order chi connectivity index (χ0) is 15.9. The summed E-state index contributed by atoms with van der Waals surface area (Å²) in [6.45, 7) is 0.243. The van der Waals surface area contributed by atoms with Gasteiger partial charge in [-0.05, 0) is 47.8 Å². The first kappa shape index (κ1) is 14.1. The molecule has 4 atom stereocenters. The number of imide groups is 1. The van der Waals surface area contributed by atoms with Crippen molar-refractivity contribution in [3.05, 3.63) is 46.0 Å². The van der Waals surface area contributed by atoms with Crippen molar-refractivity contribution in [1.82, 2.24) is 4.90 Å². The van der Waals surface area contributed by atoms with E-state index < -0.39 is 0 Å². The molecule has 0 N–H and O–H groups in total. The molecular formula is C18H15Cl2NO2. The summed E-state index contributed by atoms with van der Waals surface area (Å²) in [5.41, 5.74) is 1.00. The summed E-state index contributed by atoms with van der Waals surface area (Å²) in [5, 5.41) is 1.04.